The lowest BCUT2D eigenvalue weighted by Gasteiger charge is -2.02. The fraction of sp³-hybridized carbons (Fsp3) is 0.231. The molecule has 0 unspecified atom stereocenters. The molecule has 0 aliphatic rings. The molecule has 3 rings (SSSR count). The Labute approximate surface area is 120 Å². The second-order valence-corrected chi connectivity index (χ2v) is 5.68. The number of imidazole rings is 1. The Kier molecular flexibility index (Phi) is 3.66. The minimum Gasteiger partial charge on any atom is -0.361 e. The third-order valence-corrected chi connectivity index (χ3v) is 3.99. The van der Waals surface area contributed by atoms with Crippen molar-refractivity contribution in [2.75, 3.05) is 11.9 Å². The number of thiazole rings is 1. The van der Waals surface area contributed by atoms with E-state index in [1.807, 2.05) is 30.7 Å². The van der Waals surface area contributed by atoms with E-state index in [-0.39, 0.29) is 0 Å². The molecule has 0 aliphatic heterocycles. The molecule has 0 radical (unpaired) electrons. The van der Waals surface area contributed by atoms with Gasteiger partial charge in [0, 0.05) is 30.5 Å². The molecular weight excluding hydrogens is 280 g/mol. The SMILES string of the molecule is Clc1ccc2nc(NCCCn3ccnc3)sc2c1. The van der Waals surface area contributed by atoms with E-state index >= 15 is 0 Å². The second-order valence-electron chi connectivity index (χ2n) is 4.21. The Bertz CT molecular complexity index is 662. The van der Waals surface area contributed by atoms with Gasteiger partial charge in [0.1, 0.15) is 0 Å². The van der Waals surface area contributed by atoms with E-state index in [2.05, 4.69) is 19.9 Å². The van der Waals surface area contributed by atoms with Gasteiger partial charge >= 0.3 is 0 Å². The first-order chi connectivity index (χ1) is 9.31. The predicted molar refractivity (Wildman–Crippen MR) is 80.0 cm³/mol. The highest BCUT2D eigenvalue weighted by molar-refractivity contribution is 7.22. The molecule has 0 amide bonds. The van der Waals surface area contributed by atoms with Gasteiger partial charge in [-0.15, -0.1) is 0 Å². The molecule has 4 nitrogen and oxygen atoms in total. The number of rotatable bonds is 5. The predicted octanol–water partition coefficient (Wildman–Crippen LogP) is 3.65. The van der Waals surface area contributed by atoms with Gasteiger partial charge in [-0.3, -0.25) is 0 Å². The largest absolute Gasteiger partial charge is 0.361 e. The van der Waals surface area contributed by atoms with Crippen LogP contribution in [0.1, 0.15) is 6.42 Å². The summed E-state index contributed by atoms with van der Waals surface area (Å²) in [7, 11) is 0. The van der Waals surface area contributed by atoms with Gasteiger partial charge in [0.15, 0.2) is 5.13 Å². The van der Waals surface area contributed by atoms with Crippen LogP contribution in [0.25, 0.3) is 10.2 Å². The molecule has 0 saturated carbocycles. The summed E-state index contributed by atoms with van der Waals surface area (Å²) in [5.74, 6) is 0. The minimum atomic E-state index is 0.753. The van der Waals surface area contributed by atoms with Crippen LogP contribution in [-0.4, -0.2) is 21.1 Å². The summed E-state index contributed by atoms with van der Waals surface area (Å²) in [5, 5.41) is 5.05. The quantitative estimate of drug-likeness (QED) is 0.730. The Hall–Kier alpha value is -1.59. The zero-order chi connectivity index (χ0) is 13.1. The lowest BCUT2D eigenvalue weighted by atomic mass is 10.3. The average molecular weight is 293 g/mol. The molecule has 1 N–H and O–H groups in total. The summed E-state index contributed by atoms with van der Waals surface area (Å²) < 4.78 is 3.18. The Morgan fingerprint density at radius 3 is 3.16 bits per heavy atom. The highest BCUT2D eigenvalue weighted by Gasteiger charge is 2.03. The van der Waals surface area contributed by atoms with Crippen molar-refractivity contribution < 1.29 is 0 Å². The van der Waals surface area contributed by atoms with E-state index < -0.39 is 0 Å². The van der Waals surface area contributed by atoms with Crippen molar-refractivity contribution in [2.24, 2.45) is 0 Å². The number of nitrogens with one attached hydrogen (secondary N) is 1. The standard InChI is InChI=1S/C13H13ClN4S/c14-10-2-3-11-12(8-10)19-13(17-11)16-4-1-6-18-7-5-15-9-18/h2-3,5,7-9H,1,4,6H2,(H,16,17). The maximum absolute atomic E-state index is 5.96. The first-order valence-electron chi connectivity index (χ1n) is 6.07. The van der Waals surface area contributed by atoms with Crippen LogP contribution in [-0.2, 0) is 6.54 Å². The van der Waals surface area contributed by atoms with E-state index in [4.69, 9.17) is 11.6 Å². The van der Waals surface area contributed by atoms with Crippen LogP contribution in [0.15, 0.2) is 36.9 Å². The molecule has 0 aliphatic carbocycles. The molecule has 0 fully saturated rings. The Morgan fingerprint density at radius 2 is 2.32 bits per heavy atom. The highest BCUT2D eigenvalue weighted by Crippen LogP contribution is 2.28. The summed E-state index contributed by atoms with van der Waals surface area (Å²) in [5.41, 5.74) is 0.992. The van der Waals surface area contributed by atoms with Gasteiger partial charge in [-0.1, -0.05) is 22.9 Å². The maximum atomic E-state index is 5.96. The van der Waals surface area contributed by atoms with Crippen LogP contribution in [0.3, 0.4) is 0 Å². The molecule has 2 heterocycles. The fourth-order valence-electron chi connectivity index (χ4n) is 1.85. The van der Waals surface area contributed by atoms with Gasteiger partial charge in [-0.25, -0.2) is 9.97 Å². The molecule has 98 valence electrons. The number of benzene rings is 1. The zero-order valence-corrected chi connectivity index (χ0v) is 11.8. The summed E-state index contributed by atoms with van der Waals surface area (Å²) in [6, 6.07) is 5.77. The van der Waals surface area contributed by atoms with E-state index in [1.165, 1.54) is 0 Å². The molecule has 0 bridgehead atoms. The lowest BCUT2D eigenvalue weighted by molar-refractivity contribution is 0.660. The van der Waals surface area contributed by atoms with Crippen LogP contribution in [0.2, 0.25) is 5.02 Å². The number of aryl methyl sites for hydroxylation is 1. The lowest BCUT2D eigenvalue weighted by Crippen LogP contribution is -2.05. The van der Waals surface area contributed by atoms with Crippen LogP contribution in [0.4, 0.5) is 5.13 Å². The number of halogens is 1. The molecule has 0 saturated heterocycles. The van der Waals surface area contributed by atoms with Crippen molar-refractivity contribution in [1.82, 2.24) is 14.5 Å². The first-order valence-corrected chi connectivity index (χ1v) is 7.26. The number of hydrogen-bond acceptors (Lipinski definition) is 4. The highest BCUT2D eigenvalue weighted by atomic mass is 35.5. The van der Waals surface area contributed by atoms with Gasteiger partial charge in [-0.05, 0) is 24.6 Å². The van der Waals surface area contributed by atoms with Crippen LogP contribution >= 0.6 is 22.9 Å². The summed E-state index contributed by atoms with van der Waals surface area (Å²) in [4.78, 5) is 8.53. The van der Waals surface area contributed by atoms with E-state index in [9.17, 15) is 0 Å². The van der Waals surface area contributed by atoms with Gasteiger partial charge in [0.2, 0.25) is 0 Å². The van der Waals surface area contributed by atoms with E-state index in [1.54, 1.807) is 17.5 Å². The second kappa shape index (κ2) is 5.59. The molecule has 0 atom stereocenters. The summed E-state index contributed by atoms with van der Waals surface area (Å²) in [6.45, 7) is 1.86. The molecular formula is C13H13ClN4S. The zero-order valence-electron chi connectivity index (χ0n) is 10.2. The number of hydrogen-bond donors (Lipinski definition) is 1. The number of anilines is 1. The van der Waals surface area contributed by atoms with E-state index in [0.717, 1.165) is 39.9 Å². The third kappa shape index (κ3) is 3.05. The van der Waals surface area contributed by atoms with Crippen LogP contribution < -0.4 is 5.32 Å². The van der Waals surface area contributed by atoms with Crippen molar-refractivity contribution in [3.8, 4) is 0 Å². The van der Waals surface area contributed by atoms with Crippen LogP contribution in [0.5, 0.6) is 0 Å². The van der Waals surface area contributed by atoms with Crippen molar-refractivity contribution in [3.05, 3.63) is 41.9 Å². The maximum Gasteiger partial charge on any atom is 0.183 e. The molecule has 1 aromatic carbocycles. The average Bonchev–Trinajstić information content (AvgIpc) is 3.02. The topological polar surface area (TPSA) is 42.7 Å². The van der Waals surface area contributed by atoms with Gasteiger partial charge in [0.05, 0.1) is 16.5 Å². The van der Waals surface area contributed by atoms with Gasteiger partial charge in [0.25, 0.3) is 0 Å². The monoisotopic (exact) mass is 292 g/mol. The summed E-state index contributed by atoms with van der Waals surface area (Å²) >= 11 is 7.60. The van der Waals surface area contributed by atoms with Crippen LogP contribution in [0, 0.1) is 0 Å². The van der Waals surface area contributed by atoms with Crippen molar-refractivity contribution >= 4 is 38.3 Å². The van der Waals surface area contributed by atoms with Crippen molar-refractivity contribution in [3.63, 3.8) is 0 Å². The molecule has 2 aromatic heterocycles. The number of nitrogens with zero attached hydrogens (tertiary/aromatic N) is 3. The smallest absolute Gasteiger partial charge is 0.183 e. The molecule has 0 spiro atoms. The van der Waals surface area contributed by atoms with Gasteiger partial charge < -0.3 is 9.88 Å². The molecule has 19 heavy (non-hydrogen) atoms. The molecule has 3 aromatic rings. The van der Waals surface area contributed by atoms with Gasteiger partial charge in [-0.2, -0.15) is 0 Å². The van der Waals surface area contributed by atoms with Crippen molar-refractivity contribution in [2.45, 2.75) is 13.0 Å². The number of aromatic nitrogens is 3. The normalized spacial score (nSPS) is 11.0. The molecule has 6 heteroatoms. The van der Waals surface area contributed by atoms with E-state index in [0.29, 0.717) is 0 Å². The number of fused-ring (bicyclic) bond motifs is 1. The third-order valence-electron chi connectivity index (χ3n) is 2.78. The minimum absolute atomic E-state index is 0.753. The Balaban J connectivity index is 1.56. The van der Waals surface area contributed by atoms with Crippen molar-refractivity contribution in [1.29, 1.82) is 0 Å². The summed E-state index contributed by atoms with van der Waals surface area (Å²) in [6.07, 6.45) is 6.64. The fourth-order valence-corrected chi connectivity index (χ4v) is 3.02. The first kappa shape index (κ1) is 12.4. The Morgan fingerprint density at radius 1 is 1.37 bits per heavy atom.